The van der Waals surface area contributed by atoms with Gasteiger partial charge in [0.15, 0.2) is 0 Å². The van der Waals surface area contributed by atoms with Crippen LogP contribution in [0.4, 0.5) is 0 Å². The first kappa shape index (κ1) is 9.44. The first-order valence-electron chi connectivity index (χ1n) is 5.43. The minimum Gasteiger partial charge on any atom is -0.380 e. The summed E-state index contributed by atoms with van der Waals surface area (Å²) < 4.78 is 5.36. The molecule has 2 heterocycles. The number of nitrogens with zero attached hydrogens (tertiary/aromatic N) is 2. The summed E-state index contributed by atoms with van der Waals surface area (Å²) in [6.45, 7) is 4.82. The molecular formula is C10H20N2O. The lowest BCUT2D eigenvalue weighted by molar-refractivity contribution is -0.0311. The number of ether oxygens (including phenoxy) is 1. The van der Waals surface area contributed by atoms with Crippen LogP contribution in [0.1, 0.15) is 25.7 Å². The van der Waals surface area contributed by atoms with E-state index in [0.717, 1.165) is 6.54 Å². The molecule has 13 heavy (non-hydrogen) atoms. The van der Waals surface area contributed by atoms with Crippen molar-refractivity contribution in [3.05, 3.63) is 0 Å². The molecule has 0 radical (unpaired) electrons. The molecule has 2 saturated heterocycles. The van der Waals surface area contributed by atoms with Gasteiger partial charge in [0.2, 0.25) is 0 Å². The van der Waals surface area contributed by atoms with E-state index in [4.69, 9.17) is 4.74 Å². The zero-order valence-electron chi connectivity index (χ0n) is 8.54. The Morgan fingerprint density at radius 1 is 1.00 bits per heavy atom. The SMILES string of the molecule is COC1CCN(N2CCCCC2)C1. The molecule has 0 bridgehead atoms. The highest BCUT2D eigenvalue weighted by Gasteiger charge is 2.27. The number of hydrogen-bond acceptors (Lipinski definition) is 3. The van der Waals surface area contributed by atoms with E-state index in [1.54, 1.807) is 0 Å². The molecular weight excluding hydrogens is 164 g/mol. The van der Waals surface area contributed by atoms with E-state index in [0.29, 0.717) is 6.10 Å². The standard InChI is InChI=1S/C10H20N2O/c1-13-10-5-8-12(9-10)11-6-3-2-4-7-11/h10H,2-9H2,1H3. The molecule has 0 N–H and O–H groups in total. The average Bonchev–Trinajstić information content (AvgIpc) is 2.67. The lowest BCUT2D eigenvalue weighted by atomic mass is 10.2. The number of hydrazine groups is 1. The molecule has 3 nitrogen and oxygen atoms in total. The normalized spacial score (nSPS) is 32.5. The minimum atomic E-state index is 0.474. The van der Waals surface area contributed by atoms with Gasteiger partial charge in [-0.15, -0.1) is 0 Å². The second-order valence-electron chi connectivity index (χ2n) is 4.07. The van der Waals surface area contributed by atoms with Crippen molar-refractivity contribution in [1.82, 2.24) is 10.0 Å². The third-order valence-corrected chi connectivity index (χ3v) is 3.19. The van der Waals surface area contributed by atoms with Crippen molar-refractivity contribution in [2.45, 2.75) is 31.8 Å². The van der Waals surface area contributed by atoms with Gasteiger partial charge < -0.3 is 4.74 Å². The summed E-state index contributed by atoms with van der Waals surface area (Å²) in [5, 5.41) is 5.00. The van der Waals surface area contributed by atoms with E-state index in [1.165, 1.54) is 45.3 Å². The average molecular weight is 184 g/mol. The van der Waals surface area contributed by atoms with E-state index >= 15 is 0 Å². The first-order valence-corrected chi connectivity index (χ1v) is 5.43. The van der Waals surface area contributed by atoms with Crippen molar-refractivity contribution in [2.24, 2.45) is 0 Å². The summed E-state index contributed by atoms with van der Waals surface area (Å²) >= 11 is 0. The molecule has 0 aromatic carbocycles. The Hall–Kier alpha value is -0.120. The van der Waals surface area contributed by atoms with Crippen LogP contribution in [-0.4, -0.2) is 49.4 Å². The molecule has 1 unspecified atom stereocenters. The fourth-order valence-electron chi connectivity index (χ4n) is 2.32. The van der Waals surface area contributed by atoms with Gasteiger partial charge in [0.1, 0.15) is 0 Å². The van der Waals surface area contributed by atoms with Crippen molar-refractivity contribution in [3.8, 4) is 0 Å². The van der Waals surface area contributed by atoms with Gasteiger partial charge in [-0.25, -0.2) is 10.0 Å². The third-order valence-electron chi connectivity index (χ3n) is 3.19. The zero-order valence-corrected chi connectivity index (χ0v) is 8.54. The smallest absolute Gasteiger partial charge is 0.0725 e. The van der Waals surface area contributed by atoms with Gasteiger partial charge in [0.05, 0.1) is 6.10 Å². The highest BCUT2D eigenvalue weighted by molar-refractivity contribution is 4.75. The van der Waals surface area contributed by atoms with Crippen LogP contribution in [-0.2, 0) is 4.74 Å². The molecule has 0 aromatic rings. The maximum absolute atomic E-state index is 5.36. The number of methoxy groups -OCH3 is 1. The van der Waals surface area contributed by atoms with E-state index in [9.17, 15) is 0 Å². The fourth-order valence-corrected chi connectivity index (χ4v) is 2.32. The van der Waals surface area contributed by atoms with Crippen molar-refractivity contribution >= 4 is 0 Å². The quantitative estimate of drug-likeness (QED) is 0.639. The molecule has 2 fully saturated rings. The number of piperidine rings is 1. The summed E-state index contributed by atoms with van der Waals surface area (Å²) in [4.78, 5) is 0. The fraction of sp³-hybridized carbons (Fsp3) is 1.00. The van der Waals surface area contributed by atoms with Crippen molar-refractivity contribution in [1.29, 1.82) is 0 Å². The summed E-state index contributed by atoms with van der Waals surface area (Å²) in [7, 11) is 1.82. The molecule has 0 amide bonds. The second-order valence-corrected chi connectivity index (χ2v) is 4.07. The van der Waals surface area contributed by atoms with Gasteiger partial charge in [-0.2, -0.15) is 0 Å². The van der Waals surface area contributed by atoms with Crippen LogP contribution in [0.15, 0.2) is 0 Å². The highest BCUT2D eigenvalue weighted by atomic mass is 16.5. The predicted octanol–water partition coefficient (Wildman–Crippen LogP) is 1.11. The molecule has 76 valence electrons. The van der Waals surface area contributed by atoms with Gasteiger partial charge in [0.25, 0.3) is 0 Å². The Morgan fingerprint density at radius 2 is 1.77 bits per heavy atom. The Labute approximate surface area is 80.6 Å². The lowest BCUT2D eigenvalue weighted by Crippen LogP contribution is -2.44. The Morgan fingerprint density at radius 3 is 2.38 bits per heavy atom. The maximum Gasteiger partial charge on any atom is 0.0725 e. The Bertz CT molecular complexity index is 157. The molecule has 0 aromatic heterocycles. The molecule has 2 aliphatic heterocycles. The van der Waals surface area contributed by atoms with Gasteiger partial charge in [0, 0.05) is 33.3 Å². The molecule has 2 rings (SSSR count). The van der Waals surface area contributed by atoms with Crippen molar-refractivity contribution in [2.75, 3.05) is 33.3 Å². The topological polar surface area (TPSA) is 15.7 Å². The summed E-state index contributed by atoms with van der Waals surface area (Å²) in [5.74, 6) is 0. The maximum atomic E-state index is 5.36. The van der Waals surface area contributed by atoms with Crippen LogP contribution in [0.3, 0.4) is 0 Å². The molecule has 3 heteroatoms. The van der Waals surface area contributed by atoms with Gasteiger partial charge >= 0.3 is 0 Å². The molecule has 2 aliphatic rings. The van der Waals surface area contributed by atoms with Crippen LogP contribution in [0.25, 0.3) is 0 Å². The van der Waals surface area contributed by atoms with E-state index in [1.807, 2.05) is 7.11 Å². The minimum absolute atomic E-state index is 0.474. The number of rotatable bonds is 2. The van der Waals surface area contributed by atoms with Crippen LogP contribution in [0.5, 0.6) is 0 Å². The van der Waals surface area contributed by atoms with Gasteiger partial charge in [-0.05, 0) is 19.3 Å². The van der Waals surface area contributed by atoms with E-state index in [-0.39, 0.29) is 0 Å². The van der Waals surface area contributed by atoms with Crippen LogP contribution >= 0.6 is 0 Å². The summed E-state index contributed by atoms with van der Waals surface area (Å²) in [6, 6.07) is 0. The molecule has 0 aliphatic carbocycles. The van der Waals surface area contributed by atoms with Crippen molar-refractivity contribution < 1.29 is 4.74 Å². The number of hydrogen-bond donors (Lipinski definition) is 0. The Kier molecular flexibility index (Phi) is 3.19. The Balaban J connectivity index is 1.80. The molecule has 1 atom stereocenters. The first-order chi connectivity index (χ1) is 6.40. The van der Waals surface area contributed by atoms with Crippen LogP contribution in [0.2, 0.25) is 0 Å². The van der Waals surface area contributed by atoms with Crippen molar-refractivity contribution in [3.63, 3.8) is 0 Å². The van der Waals surface area contributed by atoms with E-state index < -0.39 is 0 Å². The van der Waals surface area contributed by atoms with Gasteiger partial charge in [-0.3, -0.25) is 0 Å². The van der Waals surface area contributed by atoms with Gasteiger partial charge in [-0.1, -0.05) is 6.42 Å². The van der Waals surface area contributed by atoms with Crippen LogP contribution < -0.4 is 0 Å². The summed E-state index contributed by atoms with van der Waals surface area (Å²) in [6.07, 6.45) is 5.83. The zero-order chi connectivity index (χ0) is 9.10. The highest BCUT2D eigenvalue weighted by Crippen LogP contribution is 2.18. The predicted molar refractivity (Wildman–Crippen MR) is 52.4 cm³/mol. The monoisotopic (exact) mass is 184 g/mol. The second kappa shape index (κ2) is 4.40. The third kappa shape index (κ3) is 2.22. The molecule has 0 saturated carbocycles. The largest absolute Gasteiger partial charge is 0.380 e. The van der Waals surface area contributed by atoms with E-state index in [2.05, 4.69) is 10.0 Å². The lowest BCUT2D eigenvalue weighted by Gasteiger charge is -2.34. The molecule has 0 spiro atoms. The van der Waals surface area contributed by atoms with Crippen LogP contribution in [0, 0.1) is 0 Å². The summed E-state index contributed by atoms with van der Waals surface area (Å²) in [5.41, 5.74) is 0.